The molecule has 0 bridgehead atoms. The quantitative estimate of drug-likeness (QED) is 0.218. The predicted molar refractivity (Wildman–Crippen MR) is 205 cm³/mol. The fraction of sp³-hybridized carbons (Fsp3) is 0.455. The zero-order chi connectivity index (χ0) is 35.3. The highest BCUT2D eigenvalue weighted by Gasteiger charge is 2.33. The topological polar surface area (TPSA) is 40.5 Å². The predicted octanol–water partition coefficient (Wildman–Crippen LogP) is 12.5. The zero-order valence-electron chi connectivity index (χ0n) is 31.4. The van der Waals surface area contributed by atoms with Gasteiger partial charge >= 0.3 is 0 Å². The number of hydrogen-bond acceptors (Lipinski definition) is 3. The maximum absolute atomic E-state index is 11.7. The summed E-state index contributed by atoms with van der Waals surface area (Å²) in [6.45, 7) is 30.5. The van der Waals surface area contributed by atoms with Crippen LogP contribution in [0, 0.1) is 13.8 Å². The molecular formula is C44H58O2S. The van der Waals surface area contributed by atoms with Gasteiger partial charge in [0.15, 0.2) is 0 Å². The summed E-state index contributed by atoms with van der Waals surface area (Å²) in [6, 6.07) is 26.7. The maximum Gasteiger partial charge on any atom is 0.123 e. The molecule has 0 heterocycles. The van der Waals surface area contributed by atoms with Gasteiger partial charge in [0.25, 0.3) is 0 Å². The smallest absolute Gasteiger partial charge is 0.123 e. The van der Waals surface area contributed by atoms with Gasteiger partial charge in [-0.15, -0.1) is 11.8 Å². The number of hydrogen-bond donors (Lipinski definition) is 2. The molecule has 4 rings (SSSR count). The van der Waals surface area contributed by atoms with Crippen LogP contribution in [0.2, 0.25) is 0 Å². The lowest BCUT2D eigenvalue weighted by atomic mass is 9.77. The van der Waals surface area contributed by atoms with Crippen LogP contribution in [-0.2, 0) is 21.7 Å². The highest BCUT2D eigenvalue weighted by Crippen LogP contribution is 2.52. The summed E-state index contributed by atoms with van der Waals surface area (Å²) in [6.07, 6.45) is 0. The van der Waals surface area contributed by atoms with Crippen molar-refractivity contribution in [2.24, 2.45) is 0 Å². The Labute approximate surface area is 290 Å². The Morgan fingerprint density at radius 2 is 0.702 bits per heavy atom. The summed E-state index contributed by atoms with van der Waals surface area (Å²) in [5.41, 5.74) is 10.2. The monoisotopic (exact) mass is 650 g/mol. The van der Waals surface area contributed by atoms with Gasteiger partial charge in [-0.05, 0) is 80.0 Å². The summed E-state index contributed by atoms with van der Waals surface area (Å²) in [5.74, 6) is 0.806. The van der Waals surface area contributed by atoms with Crippen molar-refractivity contribution >= 4 is 11.8 Å². The van der Waals surface area contributed by atoms with Gasteiger partial charge in [-0.1, -0.05) is 167 Å². The lowest BCUT2D eigenvalue weighted by Crippen LogP contribution is -2.19. The van der Waals surface area contributed by atoms with Crippen molar-refractivity contribution in [3.63, 3.8) is 0 Å². The first-order chi connectivity index (χ1) is 21.5. The van der Waals surface area contributed by atoms with Crippen LogP contribution in [0.4, 0.5) is 0 Å². The molecule has 0 saturated heterocycles. The van der Waals surface area contributed by atoms with Gasteiger partial charge in [-0.3, -0.25) is 0 Å². The molecule has 0 spiro atoms. The average molecular weight is 651 g/mol. The maximum atomic E-state index is 11.7. The highest BCUT2D eigenvalue weighted by atomic mass is 32.2. The Morgan fingerprint density at radius 1 is 0.426 bits per heavy atom. The lowest BCUT2D eigenvalue weighted by Gasteiger charge is -2.33. The molecule has 2 N–H and O–H groups in total. The second-order valence-electron chi connectivity index (χ2n) is 17.7. The molecule has 2 atom stereocenters. The van der Waals surface area contributed by atoms with Crippen molar-refractivity contribution < 1.29 is 10.2 Å². The van der Waals surface area contributed by atoms with Crippen molar-refractivity contribution in [2.45, 2.75) is 129 Å². The zero-order valence-corrected chi connectivity index (χ0v) is 32.2. The van der Waals surface area contributed by atoms with Crippen molar-refractivity contribution in [3.05, 3.63) is 128 Å². The van der Waals surface area contributed by atoms with Crippen molar-refractivity contribution in [2.75, 3.05) is 0 Å². The van der Waals surface area contributed by atoms with Crippen LogP contribution in [0.25, 0.3) is 0 Å². The van der Waals surface area contributed by atoms with E-state index in [9.17, 15) is 10.2 Å². The van der Waals surface area contributed by atoms with Crippen molar-refractivity contribution in [1.82, 2.24) is 0 Å². The number of benzene rings is 4. The molecule has 0 amide bonds. The number of phenolic OH excluding ortho intramolecular Hbond substituents is 2. The third kappa shape index (κ3) is 8.29. The number of aryl methyl sites for hydroxylation is 2. The van der Waals surface area contributed by atoms with Gasteiger partial charge < -0.3 is 10.2 Å². The van der Waals surface area contributed by atoms with Crippen LogP contribution >= 0.6 is 11.8 Å². The molecule has 0 aliphatic rings. The number of thioether (sulfide) groups is 1. The van der Waals surface area contributed by atoms with Crippen LogP contribution in [0.1, 0.15) is 149 Å². The second kappa shape index (κ2) is 13.0. The standard InChI is InChI=1S/C44H58O2S/c1-27-17-15-19-29(21-27)39(31-23-33(41(3,4)5)37(45)34(24-31)42(6,7)8)47-40(30-20-16-18-28(2)22-30)32-25-35(43(9,10)11)38(46)36(26-32)44(12,13)14/h15-26,39-40,45-46H,1-14H3. The largest absolute Gasteiger partial charge is 0.507 e. The van der Waals surface area contributed by atoms with Gasteiger partial charge in [-0.2, -0.15) is 0 Å². The van der Waals surface area contributed by atoms with E-state index in [1.807, 2.05) is 11.8 Å². The summed E-state index contributed by atoms with van der Waals surface area (Å²) < 4.78 is 0. The lowest BCUT2D eigenvalue weighted by molar-refractivity contribution is 0.422. The fourth-order valence-electron chi connectivity index (χ4n) is 6.40. The molecule has 4 aromatic carbocycles. The molecule has 0 aliphatic heterocycles. The van der Waals surface area contributed by atoms with E-state index in [1.54, 1.807) is 0 Å². The Balaban J connectivity index is 2.09. The molecule has 2 nitrogen and oxygen atoms in total. The van der Waals surface area contributed by atoms with Crippen LogP contribution in [0.3, 0.4) is 0 Å². The Bertz CT molecular complexity index is 1540. The molecule has 47 heavy (non-hydrogen) atoms. The first-order valence-corrected chi connectivity index (χ1v) is 18.0. The minimum atomic E-state index is -0.238. The Hall–Kier alpha value is -3.17. The van der Waals surface area contributed by atoms with Gasteiger partial charge in [0.1, 0.15) is 11.5 Å². The first-order valence-electron chi connectivity index (χ1n) is 17.0. The second-order valence-corrected chi connectivity index (χ2v) is 18.9. The van der Waals surface area contributed by atoms with Gasteiger partial charge in [0.05, 0.1) is 10.5 Å². The number of phenols is 2. The van der Waals surface area contributed by atoms with E-state index in [2.05, 4.69) is 170 Å². The molecule has 4 aromatic rings. The summed E-state index contributed by atoms with van der Waals surface area (Å²) in [4.78, 5) is 0. The Kier molecular flexibility index (Phi) is 10.2. The van der Waals surface area contributed by atoms with E-state index in [0.717, 1.165) is 22.3 Å². The molecule has 3 heteroatoms. The molecule has 0 aromatic heterocycles. The molecular weight excluding hydrogens is 593 g/mol. The van der Waals surface area contributed by atoms with E-state index in [0.29, 0.717) is 11.5 Å². The van der Waals surface area contributed by atoms with E-state index in [4.69, 9.17) is 0 Å². The van der Waals surface area contributed by atoms with Crippen LogP contribution in [0.5, 0.6) is 11.5 Å². The summed E-state index contributed by atoms with van der Waals surface area (Å²) in [5, 5.41) is 23.3. The molecule has 0 radical (unpaired) electrons. The number of aromatic hydroxyl groups is 2. The van der Waals surface area contributed by atoms with Gasteiger partial charge in [-0.25, -0.2) is 0 Å². The third-order valence-corrected chi connectivity index (χ3v) is 10.7. The third-order valence-electron chi connectivity index (χ3n) is 9.06. The van der Waals surface area contributed by atoms with E-state index < -0.39 is 0 Å². The normalized spacial score (nSPS) is 14.3. The fourth-order valence-corrected chi connectivity index (χ4v) is 7.87. The Morgan fingerprint density at radius 3 is 0.936 bits per heavy atom. The van der Waals surface area contributed by atoms with Crippen LogP contribution in [0.15, 0.2) is 72.8 Å². The van der Waals surface area contributed by atoms with E-state index in [1.165, 1.54) is 33.4 Å². The summed E-state index contributed by atoms with van der Waals surface area (Å²) in [7, 11) is 0. The van der Waals surface area contributed by atoms with Crippen LogP contribution < -0.4 is 0 Å². The molecule has 2 unspecified atom stereocenters. The summed E-state index contributed by atoms with van der Waals surface area (Å²) >= 11 is 1.95. The molecule has 252 valence electrons. The SMILES string of the molecule is Cc1cccc(C(SC(c2cccc(C)c2)c2cc(C(C)(C)C)c(O)c(C(C)(C)C)c2)c2cc(C(C)(C)C)c(O)c(C(C)(C)C)c2)c1. The van der Waals surface area contributed by atoms with Gasteiger partial charge in [0, 0.05) is 0 Å². The van der Waals surface area contributed by atoms with Gasteiger partial charge in [0.2, 0.25) is 0 Å². The molecule has 0 aliphatic carbocycles. The minimum Gasteiger partial charge on any atom is -0.507 e. The first kappa shape index (κ1) is 36.7. The van der Waals surface area contributed by atoms with E-state index >= 15 is 0 Å². The number of rotatable bonds is 6. The van der Waals surface area contributed by atoms with Crippen molar-refractivity contribution in [3.8, 4) is 11.5 Å². The molecule has 0 saturated carbocycles. The highest BCUT2D eigenvalue weighted by molar-refractivity contribution is 8.00. The van der Waals surface area contributed by atoms with Crippen LogP contribution in [-0.4, -0.2) is 10.2 Å². The average Bonchev–Trinajstić information content (AvgIpc) is 2.92. The van der Waals surface area contributed by atoms with Crippen molar-refractivity contribution in [1.29, 1.82) is 0 Å². The van der Waals surface area contributed by atoms with E-state index in [-0.39, 0.29) is 32.2 Å². The molecule has 0 fully saturated rings. The minimum absolute atomic E-state index is 0.0202.